The number of benzene rings is 2. The molecule has 20 heavy (non-hydrogen) atoms. The minimum atomic E-state index is -0.253. The average molecular weight is 273 g/mol. The van der Waals surface area contributed by atoms with Crippen molar-refractivity contribution < 1.29 is 13.9 Å². The van der Waals surface area contributed by atoms with E-state index >= 15 is 0 Å². The van der Waals surface area contributed by atoms with E-state index in [4.69, 9.17) is 4.74 Å². The highest BCUT2D eigenvalue weighted by Gasteiger charge is 2.01. The summed E-state index contributed by atoms with van der Waals surface area (Å²) in [7, 11) is 0. The van der Waals surface area contributed by atoms with Crippen LogP contribution >= 0.6 is 0 Å². The molecule has 0 spiro atoms. The fourth-order valence-corrected chi connectivity index (χ4v) is 1.65. The molecule has 1 N–H and O–H groups in total. The lowest BCUT2D eigenvalue weighted by Gasteiger charge is -2.08. The van der Waals surface area contributed by atoms with E-state index in [9.17, 15) is 9.18 Å². The van der Waals surface area contributed by atoms with Gasteiger partial charge in [0, 0.05) is 18.7 Å². The Morgan fingerprint density at radius 1 is 1.10 bits per heavy atom. The zero-order chi connectivity index (χ0) is 14.4. The van der Waals surface area contributed by atoms with Crippen LogP contribution in [0.1, 0.15) is 18.9 Å². The topological polar surface area (TPSA) is 38.3 Å². The van der Waals surface area contributed by atoms with Gasteiger partial charge in [0.2, 0.25) is 0 Å². The van der Waals surface area contributed by atoms with E-state index in [1.807, 2.05) is 12.1 Å². The summed E-state index contributed by atoms with van der Waals surface area (Å²) in [5.41, 5.74) is 1.90. The molecule has 0 saturated heterocycles. The number of hydrogen-bond acceptors (Lipinski definition) is 3. The van der Waals surface area contributed by atoms with Crippen molar-refractivity contribution >= 4 is 11.7 Å². The number of nitrogens with one attached hydrogen (secondary N) is 1. The predicted molar refractivity (Wildman–Crippen MR) is 76.1 cm³/mol. The van der Waals surface area contributed by atoms with Gasteiger partial charge in [-0.25, -0.2) is 4.39 Å². The van der Waals surface area contributed by atoms with Crippen LogP contribution in [0, 0.1) is 5.82 Å². The molecule has 0 aromatic heterocycles. The largest absolute Gasteiger partial charge is 0.427 e. The molecule has 0 fully saturated rings. The van der Waals surface area contributed by atoms with Gasteiger partial charge in [0.05, 0.1) is 0 Å². The molecule has 2 rings (SSSR count). The zero-order valence-electron chi connectivity index (χ0n) is 11.2. The first-order chi connectivity index (χ1) is 9.67. The lowest BCUT2D eigenvalue weighted by atomic mass is 10.2. The van der Waals surface area contributed by atoms with Gasteiger partial charge in [0.25, 0.3) is 0 Å². The first-order valence-electron chi connectivity index (χ1n) is 6.46. The molecule has 0 heterocycles. The summed E-state index contributed by atoms with van der Waals surface area (Å²) in [5.74, 6) is 0.0389. The Morgan fingerprint density at radius 3 is 2.35 bits per heavy atom. The number of halogens is 1. The van der Waals surface area contributed by atoms with Crippen LogP contribution in [0.4, 0.5) is 10.1 Å². The summed E-state index contributed by atoms with van der Waals surface area (Å²) in [6.07, 6.45) is 0.352. The van der Waals surface area contributed by atoms with Gasteiger partial charge in [-0.2, -0.15) is 0 Å². The van der Waals surface area contributed by atoms with Crippen LogP contribution < -0.4 is 10.1 Å². The van der Waals surface area contributed by atoms with Crippen LogP contribution in [0.25, 0.3) is 0 Å². The molecule has 0 amide bonds. The van der Waals surface area contributed by atoms with Crippen LogP contribution in [-0.2, 0) is 11.3 Å². The Hall–Kier alpha value is -2.36. The van der Waals surface area contributed by atoms with Crippen molar-refractivity contribution in [3.63, 3.8) is 0 Å². The predicted octanol–water partition coefficient (Wildman–Crippen LogP) is 3.75. The van der Waals surface area contributed by atoms with Crippen molar-refractivity contribution in [2.24, 2.45) is 0 Å². The van der Waals surface area contributed by atoms with Crippen molar-refractivity contribution in [1.82, 2.24) is 0 Å². The van der Waals surface area contributed by atoms with Crippen molar-refractivity contribution in [2.45, 2.75) is 19.9 Å². The van der Waals surface area contributed by atoms with Crippen LogP contribution in [0.2, 0.25) is 0 Å². The van der Waals surface area contributed by atoms with Gasteiger partial charge in [0.1, 0.15) is 11.6 Å². The SMILES string of the molecule is CCC(=O)Oc1ccc(NCc2ccc(F)cc2)cc1. The molecule has 0 atom stereocenters. The van der Waals surface area contributed by atoms with E-state index in [0.717, 1.165) is 11.3 Å². The lowest BCUT2D eigenvalue weighted by molar-refractivity contribution is -0.134. The van der Waals surface area contributed by atoms with Gasteiger partial charge >= 0.3 is 5.97 Å². The summed E-state index contributed by atoms with van der Waals surface area (Å²) < 4.78 is 17.9. The molecule has 0 aliphatic carbocycles. The monoisotopic (exact) mass is 273 g/mol. The molecule has 0 bridgehead atoms. The van der Waals surface area contributed by atoms with Gasteiger partial charge in [-0.05, 0) is 42.0 Å². The lowest BCUT2D eigenvalue weighted by Crippen LogP contribution is -2.05. The van der Waals surface area contributed by atoms with Gasteiger partial charge in [-0.3, -0.25) is 4.79 Å². The van der Waals surface area contributed by atoms with E-state index in [-0.39, 0.29) is 11.8 Å². The van der Waals surface area contributed by atoms with Gasteiger partial charge in [-0.15, -0.1) is 0 Å². The normalized spacial score (nSPS) is 10.1. The maximum Gasteiger partial charge on any atom is 0.310 e. The third kappa shape index (κ3) is 4.09. The molecule has 104 valence electrons. The summed E-state index contributed by atoms with van der Waals surface area (Å²) in [6.45, 7) is 2.36. The Labute approximate surface area is 117 Å². The third-order valence-corrected chi connectivity index (χ3v) is 2.78. The van der Waals surface area contributed by atoms with Gasteiger partial charge in [-0.1, -0.05) is 19.1 Å². The fourth-order valence-electron chi connectivity index (χ4n) is 1.65. The molecule has 4 heteroatoms. The second-order valence-corrected chi connectivity index (χ2v) is 4.33. The van der Waals surface area contributed by atoms with Crippen LogP contribution in [0.5, 0.6) is 5.75 Å². The Morgan fingerprint density at radius 2 is 1.75 bits per heavy atom. The highest BCUT2D eigenvalue weighted by atomic mass is 19.1. The van der Waals surface area contributed by atoms with E-state index in [1.54, 1.807) is 31.2 Å². The maximum atomic E-state index is 12.8. The summed E-state index contributed by atoms with van der Waals surface area (Å²) in [4.78, 5) is 11.1. The number of carbonyl (C=O) groups excluding carboxylic acids is 1. The number of rotatable bonds is 5. The van der Waals surface area contributed by atoms with Crippen molar-refractivity contribution in [3.8, 4) is 5.75 Å². The number of hydrogen-bond donors (Lipinski definition) is 1. The third-order valence-electron chi connectivity index (χ3n) is 2.78. The molecule has 0 unspecified atom stereocenters. The quantitative estimate of drug-likeness (QED) is 0.666. The van der Waals surface area contributed by atoms with E-state index in [2.05, 4.69) is 5.32 Å². The smallest absolute Gasteiger partial charge is 0.310 e. The first kappa shape index (κ1) is 14.1. The van der Waals surface area contributed by atoms with Crippen molar-refractivity contribution in [3.05, 3.63) is 59.9 Å². The molecule has 0 aliphatic rings. The zero-order valence-corrected chi connectivity index (χ0v) is 11.2. The second-order valence-electron chi connectivity index (χ2n) is 4.33. The number of anilines is 1. The minimum Gasteiger partial charge on any atom is -0.427 e. The van der Waals surface area contributed by atoms with Crippen LogP contribution in [0.15, 0.2) is 48.5 Å². The van der Waals surface area contributed by atoms with Crippen molar-refractivity contribution in [2.75, 3.05) is 5.32 Å². The highest BCUT2D eigenvalue weighted by molar-refractivity contribution is 5.72. The first-order valence-corrected chi connectivity index (χ1v) is 6.46. The average Bonchev–Trinajstić information content (AvgIpc) is 2.48. The summed E-state index contributed by atoms with van der Waals surface area (Å²) in [5, 5.41) is 3.21. The highest BCUT2D eigenvalue weighted by Crippen LogP contribution is 2.17. The Bertz CT molecular complexity index is 564. The van der Waals surface area contributed by atoms with Gasteiger partial charge < -0.3 is 10.1 Å². The van der Waals surface area contributed by atoms with Crippen LogP contribution in [0.3, 0.4) is 0 Å². The number of carbonyl (C=O) groups is 1. The maximum absolute atomic E-state index is 12.8. The number of esters is 1. The van der Waals surface area contributed by atoms with Crippen molar-refractivity contribution in [1.29, 1.82) is 0 Å². The number of ether oxygens (including phenoxy) is 1. The summed E-state index contributed by atoms with van der Waals surface area (Å²) in [6, 6.07) is 13.5. The van der Waals surface area contributed by atoms with E-state index in [0.29, 0.717) is 18.7 Å². The molecule has 0 aliphatic heterocycles. The molecule has 0 saturated carbocycles. The second kappa shape index (κ2) is 6.70. The van der Waals surface area contributed by atoms with E-state index in [1.165, 1.54) is 12.1 Å². The van der Waals surface area contributed by atoms with Crippen LogP contribution in [-0.4, -0.2) is 5.97 Å². The van der Waals surface area contributed by atoms with Gasteiger partial charge in [0.15, 0.2) is 0 Å². The molecular weight excluding hydrogens is 257 g/mol. The summed E-state index contributed by atoms with van der Waals surface area (Å²) >= 11 is 0. The Balaban J connectivity index is 1.90. The molecule has 3 nitrogen and oxygen atoms in total. The Kier molecular flexibility index (Phi) is 4.71. The molecule has 0 radical (unpaired) electrons. The standard InChI is InChI=1S/C16H16FNO2/c1-2-16(19)20-15-9-7-14(8-10-15)18-11-12-3-5-13(17)6-4-12/h3-10,18H,2,11H2,1H3. The fraction of sp³-hybridized carbons (Fsp3) is 0.188. The molecular formula is C16H16FNO2. The van der Waals surface area contributed by atoms with E-state index < -0.39 is 0 Å². The molecule has 2 aromatic carbocycles. The molecule has 2 aromatic rings. The minimum absolute atomic E-state index is 0.240.